The molecule has 0 amide bonds. The molecule has 2 aromatic carbocycles. The minimum absolute atomic E-state index is 0. The second kappa shape index (κ2) is 7.01. The lowest BCUT2D eigenvalue weighted by Crippen LogP contribution is -3.00. The van der Waals surface area contributed by atoms with Gasteiger partial charge in [-0.15, -0.1) is 0 Å². The van der Waals surface area contributed by atoms with Gasteiger partial charge in [0, 0.05) is 11.7 Å². The predicted octanol–water partition coefficient (Wildman–Crippen LogP) is -0.686. The first-order valence-corrected chi connectivity index (χ1v) is 7.77. The fourth-order valence-corrected chi connectivity index (χ4v) is 3.67. The summed E-state index contributed by atoms with van der Waals surface area (Å²) in [5.41, 5.74) is 10.0. The zero-order valence-corrected chi connectivity index (χ0v) is 13.5. The molecule has 21 heavy (non-hydrogen) atoms. The number of hydrogen-bond donors (Lipinski definition) is 2. The molecule has 1 aliphatic heterocycles. The quantitative estimate of drug-likeness (QED) is 0.770. The van der Waals surface area contributed by atoms with Crippen LogP contribution >= 0.6 is 11.8 Å². The average molecular weight is 319 g/mol. The van der Waals surface area contributed by atoms with Crippen molar-refractivity contribution in [3.63, 3.8) is 0 Å². The van der Waals surface area contributed by atoms with Gasteiger partial charge < -0.3 is 12.4 Å². The highest BCUT2D eigenvalue weighted by molar-refractivity contribution is 8.13. The number of hydrogen-bond acceptors (Lipinski definition) is 2. The van der Waals surface area contributed by atoms with E-state index in [9.17, 15) is 0 Å². The summed E-state index contributed by atoms with van der Waals surface area (Å²) in [4.78, 5) is 3.40. The van der Waals surface area contributed by atoms with Crippen molar-refractivity contribution in [2.75, 3.05) is 0 Å². The van der Waals surface area contributed by atoms with E-state index in [0.29, 0.717) is 11.3 Å². The number of rotatable bonds is 2. The molecule has 3 N–H and O–H groups in total. The van der Waals surface area contributed by atoms with E-state index in [1.165, 1.54) is 16.7 Å². The lowest BCUT2D eigenvalue weighted by Gasteiger charge is -2.23. The van der Waals surface area contributed by atoms with E-state index in [1.807, 2.05) is 6.07 Å². The standard InChI is InChI=1S/C17H18N2S.ClH/c1-12-7-9-14(10-8-12)16-11-15(19-17(18)20-16)13-5-3-2-4-6-13;/h2-10,15-16H,11H2,1H3,(H2,18,19);1H/t15-,16+;/m0./s1. The van der Waals surface area contributed by atoms with Crippen LogP contribution in [0.4, 0.5) is 0 Å². The Morgan fingerprint density at radius 2 is 1.67 bits per heavy atom. The molecular formula is C17H19ClN2S. The van der Waals surface area contributed by atoms with Crippen molar-refractivity contribution in [2.24, 2.45) is 5.73 Å². The second-order valence-corrected chi connectivity index (χ2v) is 6.47. The third-order valence-electron chi connectivity index (χ3n) is 3.69. The number of halogens is 1. The molecule has 1 heterocycles. The van der Waals surface area contributed by atoms with Crippen LogP contribution in [0, 0.1) is 6.92 Å². The maximum absolute atomic E-state index is 6.09. The van der Waals surface area contributed by atoms with E-state index in [4.69, 9.17) is 5.73 Å². The first-order chi connectivity index (χ1) is 9.72. The SMILES string of the molecule is Cc1ccc([C@H]2C[C@@H](c3ccccc3)[NH+]=C(N)S2)cc1.[Cl-]. The van der Waals surface area contributed by atoms with Crippen molar-refractivity contribution in [3.05, 3.63) is 71.3 Å². The lowest BCUT2D eigenvalue weighted by atomic mass is 9.98. The summed E-state index contributed by atoms with van der Waals surface area (Å²) < 4.78 is 0. The topological polar surface area (TPSA) is 40.0 Å². The Labute approximate surface area is 136 Å². The molecule has 0 saturated carbocycles. The molecule has 2 nitrogen and oxygen atoms in total. The third-order valence-corrected chi connectivity index (χ3v) is 4.81. The highest BCUT2D eigenvalue weighted by atomic mass is 35.5. The molecule has 2 aromatic rings. The Balaban J connectivity index is 0.00000161. The van der Waals surface area contributed by atoms with Gasteiger partial charge in [-0.3, -0.25) is 10.7 Å². The zero-order valence-electron chi connectivity index (χ0n) is 11.9. The lowest BCUT2D eigenvalue weighted by molar-refractivity contribution is -0.511. The van der Waals surface area contributed by atoms with Crippen molar-refractivity contribution >= 4 is 16.9 Å². The summed E-state index contributed by atoms with van der Waals surface area (Å²) in [5.74, 6) is 0. The van der Waals surface area contributed by atoms with Gasteiger partial charge in [-0.25, -0.2) is 0 Å². The molecule has 0 saturated heterocycles. The Bertz CT molecular complexity index is 610. The maximum atomic E-state index is 6.09. The van der Waals surface area contributed by atoms with Gasteiger partial charge in [0.1, 0.15) is 6.04 Å². The van der Waals surface area contributed by atoms with E-state index in [0.717, 1.165) is 11.6 Å². The Morgan fingerprint density at radius 1 is 1.00 bits per heavy atom. The van der Waals surface area contributed by atoms with Crippen LogP contribution in [-0.4, -0.2) is 5.17 Å². The number of amidine groups is 1. The van der Waals surface area contributed by atoms with Crippen LogP contribution in [0.3, 0.4) is 0 Å². The molecule has 0 unspecified atom stereocenters. The van der Waals surface area contributed by atoms with Crippen LogP contribution in [0.2, 0.25) is 0 Å². The first kappa shape index (κ1) is 15.9. The third kappa shape index (κ3) is 3.80. The minimum atomic E-state index is 0. The van der Waals surface area contributed by atoms with Crippen LogP contribution in [-0.2, 0) is 0 Å². The molecule has 3 rings (SSSR count). The van der Waals surface area contributed by atoms with E-state index < -0.39 is 0 Å². The molecule has 0 fully saturated rings. The molecule has 2 atom stereocenters. The number of aryl methyl sites for hydroxylation is 1. The fourth-order valence-electron chi connectivity index (χ4n) is 2.57. The normalized spacial score (nSPS) is 21.3. The monoisotopic (exact) mass is 318 g/mol. The van der Waals surface area contributed by atoms with Gasteiger partial charge in [-0.1, -0.05) is 60.2 Å². The van der Waals surface area contributed by atoms with Gasteiger partial charge in [0.05, 0.1) is 0 Å². The van der Waals surface area contributed by atoms with Gasteiger partial charge in [0.15, 0.2) is 0 Å². The maximum Gasteiger partial charge on any atom is 0.303 e. The summed E-state index contributed by atoms with van der Waals surface area (Å²) >= 11 is 1.73. The van der Waals surface area contributed by atoms with Gasteiger partial charge in [0.2, 0.25) is 0 Å². The summed E-state index contributed by atoms with van der Waals surface area (Å²) in [7, 11) is 0. The Morgan fingerprint density at radius 3 is 2.33 bits per heavy atom. The van der Waals surface area contributed by atoms with Gasteiger partial charge >= 0.3 is 5.17 Å². The Hall–Kier alpha value is -1.45. The molecule has 0 radical (unpaired) electrons. The summed E-state index contributed by atoms with van der Waals surface area (Å²) in [5, 5.41) is 1.23. The van der Waals surface area contributed by atoms with Crippen LogP contribution in [0.5, 0.6) is 0 Å². The molecular weight excluding hydrogens is 300 g/mol. The van der Waals surface area contributed by atoms with Crippen molar-refractivity contribution in [1.82, 2.24) is 0 Å². The number of nitrogens with two attached hydrogens (primary N) is 1. The summed E-state index contributed by atoms with van der Waals surface area (Å²) in [6.07, 6.45) is 1.05. The molecule has 1 aliphatic rings. The highest BCUT2D eigenvalue weighted by Crippen LogP contribution is 2.37. The average Bonchev–Trinajstić information content (AvgIpc) is 2.48. The molecule has 4 heteroatoms. The smallest absolute Gasteiger partial charge is 0.303 e. The van der Waals surface area contributed by atoms with E-state index >= 15 is 0 Å². The van der Waals surface area contributed by atoms with Crippen molar-refractivity contribution in [1.29, 1.82) is 0 Å². The summed E-state index contributed by atoms with van der Waals surface area (Å²) in [6.45, 7) is 2.12. The number of benzene rings is 2. The van der Waals surface area contributed by atoms with Crippen LogP contribution in [0.25, 0.3) is 0 Å². The minimum Gasteiger partial charge on any atom is -1.00 e. The zero-order chi connectivity index (χ0) is 13.9. The van der Waals surface area contributed by atoms with E-state index in [2.05, 4.69) is 60.4 Å². The van der Waals surface area contributed by atoms with E-state index in [1.54, 1.807) is 11.8 Å². The molecule has 0 bridgehead atoms. The Kier molecular flexibility index (Phi) is 5.32. The molecule has 0 aromatic heterocycles. The largest absolute Gasteiger partial charge is 1.00 e. The molecule has 0 spiro atoms. The van der Waals surface area contributed by atoms with Crippen molar-refractivity contribution in [2.45, 2.75) is 24.6 Å². The second-order valence-electron chi connectivity index (χ2n) is 5.22. The van der Waals surface area contributed by atoms with Crippen LogP contribution < -0.4 is 23.1 Å². The van der Waals surface area contributed by atoms with Crippen molar-refractivity contribution < 1.29 is 17.4 Å². The van der Waals surface area contributed by atoms with Crippen molar-refractivity contribution in [3.8, 4) is 0 Å². The van der Waals surface area contributed by atoms with E-state index in [-0.39, 0.29) is 12.4 Å². The highest BCUT2D eigenvalue weighted by Gasteiger charge is 2.28. The van der Waals surface area contributed by atoms with Gasteiger partial charge in [-0.05, 0) is 29.8 Å². The molecule has 110 valence electrons. The molecule has 0 aliphatic carbocycles. The number of nitrogens with one attached hydrogen (secondary N) is 1. The van der Waals surface area contributed by atoms with Crippen LogP contribution in [0.1, 0.15) is 34.4 Å². The van der Waals surface area contributed by atoms with Gasteiger partial charge in [-0.2, -0.15) is 0 Å². The predicted molar refractivity (Wildman–Crippen MR) is 85.5 cm³/mol. The van der Waals surface area contributed by atoms with Crippen LogP contribution in [0.15, 0.2) is 54.6 Å². The fraction of sp³-hybridized carbons (Fsp3) is 0.235. The number of thioether (sulfide) groups is 1. The first-order valence-electron chi connectivity index (χ1n) is 6.89. The van der Waals surface area contributed by atoms with Gasteiger partial charge in [0.25, 0.3) is 0 Å². The summed E-state index contributed by atoms with van der Waals surface area (Å²) in [6, 6.07) is 19.6.